The lowest BCUT2D eigenvalue weighted by Crippen LogP contribution is -2.12. The Balaban J connectivity index is 2.20. The molecule has 1 N–H and O–H groups in total. The molecular weight excluding hydrogens is 210 g/mol. The minimum absolute atomic E-state index is 0.213. The summed E-state index contributed by atoms with van der Waals surface area (Å²) in [5.74, 6) is 0. The van der Waals surface area contributed by atoms with Crippen molar-refractivity contribution in [1.82, 2.24) is 5.32 Å². The molecule has 2 aromatic rings. The summed E-state index contributed by atoms with van der Waals surface area (Å²) in [4.78, 5) is 11.0. The van der Waals surface area contributed by atoms with Gasteiger partial charge in [0.1, 0.15) is 0 Å². The summed E-state index contributed by atoms with van der Waals surface area (Å²) in [6.45, 7) is 1.05. The summed E-state index contributed by atoms with van der Waals surface area (Å²) in [5, 5.41) is 3.42. The Hall–Kier alpha value is -1.13. The lowest BCUT2D eigenvalue weighted by atomic mass is 10.1. The molecule has 1 saturated heterocycles. The predicted octanol–water partition coefficient (Wildman–Crippen LogP) is 2.28. The normalized spacial score (nSPS) is 21.2. The highest BCUT2D eigenvalue weighted by atomic mass is 32.1. The number of nitrogens with one attached hydrogen (secondary N) is 1. The van der Waals surface area contributed by atoms with Crippen LogP contribution < -0.4 is 10.3 Å². The van der Waals surface area contributed by atoms with Crippen LogP contribution in [0.25, 0.3) is 10.3 Å². The third-order valence-corrected chi connectivity index (χ3v) is 3.62. The van der Waals surface area contributed by atoms with Crippen LogP contribution in [0.5, 0.6) is 0 Å². The van der Waals surface area contributed by atoms with Gasteiger partial charge in [0.15, 0.2) is 5.58 Å². The Morgan fingerprint density at radius 1 is 1.47 bits per heavy atom. The molecule has 1 aliphatic heterocycles. The van der Waals surface area contributed by atoms with E-state index in [9.17, 15) is 4.79 Å². The second kappa shape index (κ2) is 3.47. The van der Waals surface area contributed by atoms with E-state index in [0.717, 1.165) is 28.8 Å². The van der Waals surface area contributed by atoms with Gasteiger partial charge in [0, 0.05) is 11.6 Å². The topological polar surface area (TPSA) is 42.2 Å². The summed E-state index contributed by atoms with van der Waals surface area (Å²) in [6, 6.07) is 6.32. The van der Waals surface area contributed by atoms with E-state index in [1.807, 2.05) is 18.2 Å². The van der Waals surface area contributed by atoms with Crippen molar-refractivity contribution < 1.29 is 4.42 Å². The summed E-state index contributed by atoms with van der Waals surface area (Å²) in [6.07, 6.45) is 2.31. The summed E-state index contributed by atoms with van der Waals surface area (Å²) < 4.78 is 6.18. The average molecular weight is 221 g/mol. The number of fused-ring (bicyclic) bond motifs is 1. The molecule has 0 aliphatic carbocycles. The molecule has 15 heavy (non-hydrogen) atoms. The fraction of sp³-hybridized carbons (Fsp3) is 0.364. The fourth-order valence-electron chi connectivity index (χ4n) is 2.14. The van der Waals surface area contributed by atoms with E-state index in [1.54, 1.807) is 0 Å². The molecule has 1 aromatic heterocycles. The van der Waals surface area contributed by atoms with Gasteiger partial charge in [0.2, 0.25) is 0 Å². The van der Waals surface area contributed by atoms with Crippen molar-refractivity contribution in [3.8, 4) is 0 Å². The first-order chi connectivity index (χ1) is 7.34. The molecule has 1 aromatic carbocycles. The standard InChI is InChI=1S/C11H11NO2S/c13-11-14-10-7(8-4-2-6-12-8)3-1-5-9(10)15-11/h1,3,5,8,12H,2,4,6H2. The van der Waals surface area contributed by atoms with Crippen LogP contribution in [0.4, 0.5) is 0 Å². The lowest BCUT2D eigenvalue weighted by Gasteiger charge is -2.09. The summed E-state index contributed by atoms with van der Waals surface area (Å²) in [5.41, 5.74) is 1.90. The Bertz CT molecular complexity index is 537. The zero-order valence-electron chi connectivity index (χ0n) is 8.16. The lowest BCUT2D eigenvalue weighted by molar-refractivity contribution is 0.565. The van der Waals surface area contributed by atoms with Crippen LogP contribution >= 0.6 is 11.3 Å². The minimum Gasteiger partial charge on any atom is -0.414 e. The highest BCUT2D eigenvalue weighted by molar-refractivity contribution is 7.16. The predicted molar refractivity (Wildman–Crippen MR) is 60.3 cm³/mol. The molecule has 0 spiro atoms. The quantitative estimate of drug-likeness (QED) is 0.803. The van der Waals surface area contributed by atoms with Crippen molar-refractivity contribution in [2.75, 3.05) is 6.54 Å². The molecule has 0 bridgehead atoms. The molecule has 1 aliphatic rings. The summed E-state index contributed by atoms with van der Waals surface area (Å²) in [7, 11) is 0. The molecule has 0 amide bonds. The van der Waals surface area contributed by atoms with Crippen LogP contribution in [-0.4, -0.2) is 6.54 Å². The molecule has 2 heterocycles. The van der Waals surface area contributed by atoms with E-state index >= 15 is 0 Å². The van der Waals surface area contributed by atoms with Crippen LogP contribution in [0.15, 0.2) is 27.4 Å². The number of benzene rings is 1. The Morgan fingerprint density at radius 2 is 2.40 bits per heavy atom. The van der Waals surface area contributed by atoms with Gasteiger partial charge in [0.05, 0.1) is 4.70 Å². The van der Waals surface area contributed by atoms with Crippen LogP contribution in [0.1, 0.15) is 24.4 Å². The molecule has 1 fully saturated rings. The van der Waals surface area contributed by atoms with Gasteiger partial charge in [-0.25, -0.2) is 4.79 Å². The number of hydrogen-bond donors (Lipinski definition) is 1. The van der Waals surface area contributed by atoms with Gasteiger partial charge in [-0.3, -0.25) is 0 Å². The van der Waals surface area contributed by atoms with E-state index in [0.29, 0.717) is 6.04 Å². The van der Waals surface area contributed by atoms with E-state index in [-0.39, 0.29) is 4.94 Å². The minimum atomic E-state index is -0.213. The van der Waals surface area contributed by atoms with Crippen LogP contribution in [0.3, 0.4) is 0 Å². The first-order valence-corrected chi connectivity index (χ1v) is 5.92. The van der Waals surface area contributed by atoms with Crippen LogP contribution in [-0.2, 0) is 0 Å². The van der Waals surface area contributed by atoms with Crippen molar-refractivity contribution in [3.05, 3.63) is 33.5 Å². The van der Waals surface area contributed by atoms with Crippen molar-refractivity contribution in [2.24, 2.45) is 0 Å². The van der Waals surface area contributed by atoms with E-state index in [1.165, 1.54) is 17.8 Å². The third-order valence-electron chi connectivity index (χ3n) is 2.82. The Labute approximate surface area is 90.7 Å². The second-order valence-electron chi connectivity index (χ2n) is 3.78. The van der Waals surface area contributed by atoms with Crippen molar-refractivity contribution in [3.63, 3.8) is 0 Å². The highest BCUT2D eigenvalue weighted by Gasteiger charge is 2.20. The maximum atomic E-state index is 11.2. The van der Waals surface area contributed by atoms with Gasteiger partial charge >= 0.3 is 4.94 Å². The maximum absolute atomic E-state index is 11.2. The number of para-hydroxylation sites is 1. The van der Waals surface area contributed by atoms with Crippen molar-refractivity contribution >= 4 is 21.6 Å². The molecule has 3 nitrogen and oxygen atoms in total. The monoisotopic (exact) mass is 221 g/mol. The molecule has 1 unspecified atom stereocenters. The Kier molecular flexibility index (Phi) is 2.11. The Morgan fingerprint density at radius 3 is 3.20 bits per heavy atom. The van der Waals surface area contributed by atoms with Gasteiger partial charge in [-0.05, 0) is 25.5 Å². The number of hydrogen-bond acceptors (Lipinski definition) is 4. The van der Waals surface area contributed by atoms with Crippen LogP contribution in [0, 0.1) is 0 Å². The first-order valence-electron chi connectivity index (χ1n) is 5.10. The molecular formula is C11H11NO2S. The SMILES string of the molecule is O=c1oc2c(C3CCCN3)cccc2s1. The van der Waals surface area contributed by atoms with Crippen molar-refractivity contribution in [2.45, 2.75) is 18.9 Å². The molecule has 78 valence electrons. The van der Waals surface area contributed by atoms with Crippen LogP contribution in [0.2, 0.25) is 0 Å². The van der Waals surface area contributed by atoms with Gasteiger partial charge in [0.25, 0.3) is 0 Å². The zero-order valence-corrected chi connectivity index (χ0v) is 8.97. The van der Waals surface area contributed by atoms with E-state index in [4.69, 9.17) is 4.42 Å². The zero-order chi connectivity index (χ0) is 10.3. The molecule has 3 rings (SSSR count). The highest BCUT2D eigenvalue weighted by Crippen LogP contribution is 2.30. The maximum Gasteiger partial charge on any atom is 0.396 e. The molecule has 4 heteroatoms. The fourth-order valence-corrected chi connectivity index (χ4v) is 2.84. The second-order valence-corrected chi connectivity index (χ2v) is 4.75. The molecule has 0 saturated carbocycles. The van der Waals surface area contributed by atoms with Gasteiger partial charge in [-0.1, -0.05) is 23.5 Å². The molecule has 1 atom stereocenters. The average Bonchev–Trinajstić information content (AvgIpc) is 2.82. The van der Waals surface area contributed by atoms with E-state index in [2.05, 4.69) is 5.32 Å². The number of rotatable bonds is 1. The van der Waals surface area contributed by atoms with Crippen molar-refractivity contribution in [1.29, 1.82) is 0 Å². The molecule has 0 radical (unpaired) electrons. The largest absolute Gasteiger partial charge is 0.414 e. The smallest absolute Gasteiger partial charge is 0.396 e. The van der Waals surface area contributed by atoms with E-state index < -0.39 is 0 Å². The van der Waals surface area contributed by atoms with Gasteiger partial charge in [-0.2, -0.15) is 0 Å². The third kappa shape index (κ3) is 1.50. The first kappa shape index (κ1) is 9.12. The van der Waals surface area contributed by atoms with Gasteiger partial charge in [-0.15, -0.1) is 0 Å². The summed E-state index contributed by atoms with van der Waals surface area (Å²) >= 11 is 1.18. The van der Waals surface area contributed by atoms with Gasteiger partial charge < -0.3 is 9.73 Å².